The Hall–Kier alpha value is -2.00. The maximum absolute atomic E-state index is 14.4. The first-order chi connectivity index (χ1) is 12.0. The third-order valence-corrected chi connectivity index (χ3v) is 5.94. The predicted octanol–water partition coefficient (Wildman–Crippen LogP) is 1.98. The van der Waals surface area contributed by atoms with E-state index in [9.17, 15) is 22.4 Å². The summed E-state index contributed by atoms with van der Waals surface area (Å²) in [6, 6.07) is 3.18. The summed E-state index contributed by atoms with van der Waals surface area (Å²) in [6.45, 7) is 4.24. The molecular weight excluding hydrogens is 363 g/mol. The zero-order valence-electron chi connectivity index (χ0n) is 14.8. The molecule has 1 saturated heterocycles. The number of halogens is 1. The number of hydrogen-bond acceptors (Lipinski definition) is 4. The summed E-state index contributed by atoms with van der Waals surface area (Å²) in [7, 11) is -4.06. The van der Waals surface area contributed by atoms with E-state index in [0.717, 1.165) is 18.9 Å². The topological polar surface area (TPSA) is 104 Å². The van der Waals surface area contributed by atoms with Gasteiger partial charge in [0.1, 0.15) is 5.82 Å². The van der Waals surface area contributed by atoms with Crippen LogP contribution < -0.4 is 4.72 Å². The fourth-order valence-electron chi connectivity index (χ4n) is 2.82. The molecule has 26 heavy (non-hydrogen) atoms. The van der Waals surface area contributed by atoms with Crippen molar-refractivity contribution in [3.8, 4) is 0 Å². The lowest BCUT2D eigenvalue weighted by molar-refractivity contribution is -0.137. The Bertz CT molecular complexity index is 801. The van der Waals surface area contributed by atoms with Crippen molar-refractivity contribution < 1.29 is 27.5 Å². The third kappa shape index (κ3) is 5.01. The van der Waals surface area contributed by atoms with Crippen LogP contribution in [-0.2, 0) is 14.8 Å². The number of nitrogens with one attached hydrogen (secondary N) is 1. The van der Waals surface area contributed by atoms with E-state index in [0.29, 0.717) is 13.1 Å². The Kier molecular flexibility index (Phi) is 6.02. The number of likely N-dealkylation sites (tertiary alicyclic amines) is 1. The smallest absolute Gasteiger partial charge is 0.303 e. The van der Waals surface area contributed by atoms with Crippen molar-refractivity contribution >= 4 is 21.9 Å². The van der Waals surface area contributed by atoms with E-state index < -0.39 is 33.3 Å². The second-order valence-electron chi connectivity index (χ2n) is 7.02. The van der Waals surface area contributed by atoms with Gasteiger partial charge >= 0.3 is 5.97 Å². The first-order valence-electron chi connectivity index (χ1n) is 8.36. The average Bonchev–Trinajstić information content (AvgIpc) is 3.06. The number of aliphatic carboxylic acids is 1. The lowest BCUT2D eigenvalue weighted by Crippen LogP contribution is -2.43. The molecule has 1 aromatic carbocycles. The molecule has 144 valence electrons. The first-order valence-corrected chi connectivity index (χ1v) is 9.85. The van der Waals surface area contributed by atoms with E-state index >= 15 is 0 Å². The molecule has 1 heterocycles. The van der Waals surface area contributed by atoms with Gasteiger partial charge in [-0.05, 0) is 51.3 Å². The van der Waals surface area contributed by atoms with Gasteiger partial charge in [0.2, 0.25) is 10.0 Å². The molecule has 1 amide bonds. The Labute approximate surface area is 152 Å². The minimum atomic E-state index is -4.06. The summed E-state index contributed by atoms with van der Waals surface area (Å²) >= 11 is 0. The van der Waals surface area contributed by atoms with Crippen LogP contribution in [0.4, 0.5) is 4.39 Å². The summed E-state index contributed by atoms with van der Waals surface area (Å²) in [6.07, 6.45) is 1.62. The number of carboxylic acids is 1. The lowest BCUT2D eigenvalue weighted by Gasteiger charge is -2.25. The van der Waals surface area contributed by atoms with Gasteiger partial charge in [-0.25, -0.2) is 17.5 Å². The number of hydrogen-bond donors (Lipinski definition) is 2. The van der Waals surface area contributed by atoms with Gasteiger partial charge in [0, 0.05) is 25.0 Å². The van der Waals surface area contributed by atoms with Crippen LogP contribution in [0.1, 0.15) is 49.9 Å². The Morgan fingerprint density at radius 1 is 1.27 bits per heavy atom. The number of sulfonamides is 1. The van der Waals surface area contributed by atoms with Crippen molar-refractivity contribution in [1.82, 2.24) is 9.62 Å². The van der Waals surface area contributed by atoms with Gasteiger partial charge in [-0.2, -0.15) is 0 Å². The van der Waals surface area contributed by atoms with Crippen LogP contribution in [0.2, 0.25) is 0 Å². The van der Waals surface area contributed by atoms with E-state index in [1.54, 1.807) is 18.7 Å². The second-order valence-corrected chi connectivity index (χ2v) is 8.71. The Morgan fingerprint density at radius 3 is 2.42 bits per heavy atom. The second kappa shape index (κ2) is 7.71. The summed E-state index contributed by atoms with van der Waals surface area (Å²) in [4.78, 5) is 24.2. The van der Waals surface area contributed by atoms with Gasteiger partial charge in [0.25, 0.3) is 5.91 Å². The van der Waals surface area contributed by atoms with Gasteiger partial charge < -0.3 is 10.0 Å². The quantitative estimate of drug-likeness (QED) is 0.746. The maximum Gasteiger partial charge on any atom is 0.303 e. The van der Waals surface area contributed by atoms with E-state index in [-0.39, 0.29) is 23.3 Å². The van der Waals surface area contributed by atoms with Crippen LogP contribution >= 0.6 is 0 Å². The van der Waals surface area contributed by atoms with Crippen molar-refractivity contribution in [2.75, 3.05) is 13.1 Å². The molecule has 1 aromatic rings. The number of carbonyl (C=O) groups excluding carboxylic acids is 1. The molecule has 0 aromatic heterocycles. The SMILES string of the molecule is CC(C)(CCC(=O)O)NS(=O)(=O)c1ccc(C(=O)N2CCCC2)c(F)c1. The van der Waals surface area contributed by atoms with Gasteiger partial charge in [0.15, 0.2) is 0 Å². The van der Waals surface area contributed by atoms with Gasteiger partial charge in [0.05, 0.1) is 10.5 Å². The number of rotatable bonds is 7. The minimum absolute atomic E-state index is 0.0789. The summed E-state index contributed by atoms with van der Waals surface area (Å²) in [5, 5.41) is 8.74. The van der Waals surface area contributed by atoms with Crippen LogP contribution in [0.3, 0.4) is 0 Å². The number of carboxylic acid groups (broad SMARTS) is 1. The Balaban J connectivity index is 2.18. The fourth-order valence-corrected chi connectivity index (χ4v) is 4.27. The van der Waals surface area contributed by atoms with Gasteiger partial charge in [-0.3, -0.25) is 9.59 Å². The van der Waals surface area contributed by atoms with Crippen LogP contribution in [0.25, 0.3) is 0 Å². The molecular formula is C17H23FN2O5S. The molecule has 0 spiro atoms. The number of amides is 1. The summed E-state index contributed by atoms with van der Waals surface area (Å²) in [5.41, 5.74) is -1.17. The first kappa shape index (κ1) is 20.3. The standard InChI is InChI=1S/C17H23FN2O5S/c1-17(2,8-7-15(21)22)19-26(24,25)12-5-6-13(14(18)11-12)16(23)20-9-3-4-10-20/h5-6,11,19H,3-4,7-10H2,1-2H3,(H,21,22). The van der Waals surface area contributed by atoms with Crippen LogP contribution in [0.5, 0.6) is 0 Å². The Morgan fingerprint density at radius 2 is 1.88 bits per heavy atom. The van der Waals surface area contributed by atoms with Gasteiger partial charge in [-0.15, -0.1) is 0 Å². The van der Waals surface area contributed by atoms with Crippen molar-refractivity contribution in [2.24, 2.45) is 0 Å². The highest BCUT2D eigenvalue weighted by Crippen LogP contribution is 2.21. The molecule has 0 bridgehead atoms. The third-order valence-electron chi connectivity index (χ3n) is 4.25. The van der Waals surface area contributed by atoms with E-state index in [4.69, 9.17) is 5.11 Å². The molecule has 1 aliphatic heterocycles. The highest BCUT2D eigenvalue weighted by atomic mass is 32.2. The zero-order chi connectivity index (χ0) is 19.5. The molecule has 0 unspecified atom stereocenters. The average molecular weight is 386 g/mol. The van der Waals surface area contributed by atoms with Crippen LogP contribution in [0, 0.1) is 5.82 Å². The van der Waals surface area contributed by atoms with E-state index in [1.165, 1.54) is 12.1 Å². The molecule has 2 rings (SSSR count). The van der Waals surface area contributed by atoms with Gasteiger partial charge in [-0.1, -0.05) is 0 Å². The number of nitrogens with zero attached hydrogens (tertiary/aromatic N) is 1. The molecule has 2 N–H and O–H groups in total. The molecule has 0 radical (unpaired) electrons. The molecule has 7 nitrogen and oxygen atoms in total. The molecule has 0 aliphatic carbocycles. The van der Waals surface area contributed by atoms with Crippen LogP contribution in [0.15, 0.2) is 23.1 Å². The maximum atomic E-state index is 14.4. The predicted molar refractivity (Wildman–Crippen MR) is 92.8 cm³/mol. The van der Waals surface area contributed by atoms with E-state index in [2.05, 4.69) is 4.72 Å². The summed E-state index contributed by atoms with van der Waals surface area (Å²) in [5.74, 6) is -2.38. The molecule has 0 atom stereocenters. The van der Waals surface area contributed by atoms with Crippen molar-refractivity contribution in [2.45, 2.75) is 50.0 Å². The normalized spacial score (nSPS) is 15.3. The summed E-state index contributed by atoms with van der Waals surface area (Å²) < 4.78 is 41.7. The van der Waals surface area contributed by atoms with Crippen molar-refractivity contribution in [1.29, 1.82) is 0 Å². The zero-order valence-corrected chi connectivity index (χ0v) is 15.6. The lowest BCUT2D eigenvalue weighted by atomic mass is 10.0. The van der Waals surface area contributed by atoms with E-state index in [1.807, 2.05) is 0 Å². The monoisotopic (exact) mass is 386 g/mol. The largest absolute Gasteiger partial charge is 0.481 e. The van der Waals surface area contributed by atoms with Crippen molar-refractivity contribution in [3.05, 3.63) is 29.6 Å². The molecule has 1 aliphatic rings. The molecule has 0 saturated carbocycles. The minimum Gasteiger partial charge on any atom is -0.481 e. The van der Waals surface area contributed by atoms with Crippen LogP contribution in [-0.4, -0.2) is 48.9 Å². The highest BCUT2D eigenvalue weighted by molar-refractivity contribution is 7.89. The highest BCUT2D eigenvalue weighted by Gasteiger charge is 2.28. The number of carbonyl (C=O) groups is 2. The molecule has 1 fully saturated rings. The number of benzene rings is 1. The van der Waals surface area contributed by atoms with Crippen molar-refractivity contribution in [3.63, 3.8) is 0 Å². The molecule has 9 heteroatoms. The fraction of sp³-hybridized carbons (Fsp3) is 0.529.